The Bertz CT molecular complexity index is 2980. The minimum absolute atomic E-state index is 0.0870. The van der Waals surface area contributed by atoms with Gasteiger partial charge in [0.05, 0.1) is 46.0 Å². The van der Waals surface area contributed by atoms with Crippen LogP contribution in [-0.2, 0) is 70.3 Å². The summed E-state index contributed by atoms with van der Waals surface area (Å²) in [6.07, 6.45) is 2.19. The maximum absolute atomic E-state index is 12.6. The number of carbonyl (C=O) groups is 2. The predicted molar refractivity (Wildman–Crippen MR) is 300 cm³/mol. The molecule has 16 heteroatoms. The summed E-state index contributed by atoms with van der Waals surface area (Å²) in [6.45, 7) is 17.0. The third kappa shape index (κ3) is 17.0. The summed E-state index contributed by atoms with van der Waals surface area (Å²) in [6, 6.07) is 48.7. The molecule has 4 saturated heterocycles. The number of nitrogens with zero attached hydrogens (tertiary/aromatic N) is 4. The van der Waals surface area contributed by atoms with Gasteiger partial charge in [0, 0.05) is 31.0 Å². The summed E-state index contributed by atoms with van der Waals surface area (Å²) in [4.78, 5) is 54.7. The molecule has 0 spiro atoms. The molecule has 4 aliphatic heterocycles. The topological polar surface area (TPSA) is 180 Å². The van der Waals surface area contributed by atoms with Crippen LogP contribution in [0.5, 0.6) is 17.2 Å². The van der Waals surface area contributed by atoms with E-state index in [0.717, 1.165) is 52.7 Å². The van der Waals surface area contributed by atoms with Gasteiger partial charge in [0.15, 0.2) is 6.10 Å². The minimum atomic E-state index is -0.357. The smallest absolute Gasteiger partial charge is 0.410 e. The average molecular weight is 1090 g/mol. The quantitative estimate of drug-likeness (QED) is 0.0337. The second-order valence-corrected chi connectivity index (χ2v) is 21.2. The second-order valence-electron chi connectivity index (χ2n) is 21.2. The molecule has 0 saturated carbocycles. The number of epoxide rings is 2. The highest BCUT2D eigenvalue weighted by molar-refractivity contribution is 5.70. The Hall–Kier alpha value is -8.10. The van der Waals surface area contributed by atoms with Crippen LogP contribution >= 0.6 is 0 Å². The van der Waals surface area contributed by atoms with Gasteiger partial charge in [-0.05, 0) is 87.8 Å². The van der Waals surface area contributed by atoms with Crippen molar-refractivity contribution in [3.05, 3.63) is 196 Å². The van der Waals surface area contributed by atoms with Crippen LogP contribution in [0, 0.1) is 6.92 Å². The highest BCUT2D eigenvalue weighted by Gasteiger charge is 2.34. The third-order valence-electron chi connectivity index (χ3n) is 14.2. The van der Waals surface area contributed by atoms with Crippen LogP contribution in [-0.4, -0.2) is 118 Å². The normalized spacial score (nSPS) is 18.0. The fourth-order valence-corrected chi connectivity index (χ4v) is 9.21. The summed E-state index contributed by atoms with van der Waals surface area (Å²) in [5, 5.41) is 0. The molecule has 2 amide bonds. The Kier molecular flexibility index (Phi) is 20.1. The van der Waals surface area contributed by atoms with Gasteiger partial charge in [0.2, 0.25) is 12.2 Å². The number of methoxy groups -OCH3 is 1. The molecular weight excluding hydrogens is 1020 g/mol. The number of ether oxygens (including phenoxy) is 8. The molecule has 6 aromatic rings. The third-order valence-corrected chi connectivity index (χ3v) is 14.2. The van der Waals surface area contributed by atoms with Crippen molar-refractivity contribution in [1.29, 1.82) is 0 Å². The zero-order valence-electron chi connectivity index (χ0n) is 46.3. The van der Waals surface area contributed by atoms with Gasteiger partial charge < -0.3 is 47.7 Å². The maximum Gasteiger partial charge on any atom is 0.410 e. The zero-order valence-corrected chi connectivity index (χ0v) is 46.3. The molecule has 0 aromatic heterocycles. The molecule has 4 atom stereocenters. The number of benzene rings is 6. The number of carbonyl (C=O) groups excluding carboxylic acids is 4. The number of hydrogen-bond donors (Lipinski definition) is 0. The number of aryl methyl sites for hydroxylation is 1. The van der Waals surface area contributed by atoms with Crippen molar-refractivity contribution in [2.24, 2.45) is 9.98 Å². The number of hydrogen-bond acceptors (Lipinski definition) is 14. The van der Waals surface area contributed by atoms with Gasteiger partial charge in [-0.25, -0.2) is 29.2 Å². The average Bonchev–Trinajstić information content (AvgIpc) is 4.46. The summed E-state index contributed by atoms with van der Waals surface area (Å²) in [5.74, 6) is 2.52. The van der Waals surface area contributed by atoms with Crippen LogP contribution in [0.1, 0.15) is 77.8 Å². The largest absolute Gasteiger partial charge is 0.491 e. The van der Waals surface area contributed by atoms with Crippen molar-refractivity contribution in [2.45, 2.75) is 96.0 Å². The van der Waals surface area contributed by atoms with E-state index in [1.165, 1.54) is 40.0 Å². The molecule has 0 aliphatic carbocycles. The second kappa shape index (κ2) is 27.7. The Morgan fingerprint density at radius 3 is 1.20 bits per heavy atom. The van der Waals surface area contributed by atoms with Crippen molar-refractivity contribution >= 4 is 24.3 Å². The van der Waals surface area contributed by atoms with E-state index in [2.05, 4.69) is 105 Å². The molecule has 6 aromatic carbocycles. The number of cyclic esters (lactones) is 2. The van der Waals surface area contributed by atoms with Crippen molar-refractivity contribution in [1.82, 2.24) is 9.80 Å². The molecule has 4 aliphatic rings. The fraction of sp³-hybridized carbons (Fsp3) is 0.375. The zero-order chi connectivity index (χ0) is 56.5. The molecule has 10 rings (SSSR count). The lowest BCUT2D eigenvalue weighted by Gasteiger charge is -2.26. The van der Waals surface area contributed by atoms with Gasteiger partial charge in [-0.15, -0.1) is 0 Å². The lowest BCUT2D eigenvalue weighted by molar-refractivity contribution is 0.0714. The van der Waals surface area contributed by atoms with E-state index in [-0.39, 0.29) is 54.0 Å². The van der Waals surface area contributed by atoms with Gasteiger partial charge >= 0.3 is 12.2 Å². The van der Waals surface area contributed by atoms with E-state index in [1.54, 1.807) is 16.9 Å². The summed E-state index contributed by atoms with van der Waals surface area (Å²) in [7, 11) is 1.59. The van der Waals surface area contributed by atoms with Gasteiger partial charge in [0.25, 0.3) is 0 Å². The van der Waals surface area contributed by atoms with E-state index in [1.807, 2.05) is 84.9 Å². The van der Waals surface area contributed by atoms with Gasteiger partial charge in [0.1, 0.15) is 55.4 Å². The van der Waals surface area contributed by atoms with Crippen LogP contribution in [0.25, 0.3) is 0 Å². The first-order chi connectivity index (χ1) is 38.7. The molecule has 80 heavy (non-hydrogen) atoms. The fourth-order valence-electron chi connectivity index (χ4n) is 9.21. The maximum atomic E-state index is 12.6. The molecule has 16 nitrogen and oxygen atoms in total. The lowest BCUT2D eigenvalue weighted by atomic mass is 9.78. The standard InChI is InChI=1S/C33H38N2O6.C21H24O4.C10H8N2O2/c1-23-8-10-26(11-9-23)33(2,3)27-12-14-28(15-13-27)39-22-30-20-35(32(37)41-30)18-25-7-5-6-24(16-25)17-34-19-29(21-38-4)40-31(34)36;1-21(2,15-3-7-17(8-4-15)22-11-19-13-24-19)16-5-9-18(10-6-16)23-12-20-14-25-20;13-7-11-5-9-2-1-3-10(4-9)6-12-8-14/h5-16,29-30H,17-22H2,1-4H3;3-10,19-20H,11-14H2,1-2H3;1-4H,5-6H2. The first-order valence-corrected chi connectivity index (χ1v) is 26.8. The predicted octanol–water partition coefficient (Wildman–Crippen LogP) is 10.6. The lowest BCUT2D eigenvalue weighted by Crippen LogP contribution is -2.27. The van der Waals surface area contributed by atoms with Gasteiger partial charge in [-0.3, -0.25) is 0 Å². The Labute approximate surface area is 468 Å². The minimum Gasteiger partial charge on any atom is -0.491 e. The first-order valence-electron chi connectivity index (χ1n) is 26.8. The van der Waals surface area contributed by atoms with Crippen LogP contribution in [0.4, 0.5) is 9.59 Å². The molecule has 0 bridgehead atoms. The van der Waals surface area contributed by atoms with Crippen LogP contribution < -0.4 is 14.2 Å². The first kappa shape index (κ1) is 58.1. The van der Waals surface area contributed by atoms with Gasteiger partial charge in [-0.2, -0.15) is 0 Å². The number of amides is 2. The summed E-state index contributed by atoms with van der Waals surface area (Å²) in [5.41, 5.74) is 9.72. The molecule has 4 fully saturated rings. The Balaban J connectivity index is 0.000000181. The van der Waals surface area contributed by atoms with Crippen LogP contribution in [0.3, 0.4) is 0 Å². The number of rotatable bonds is 23. The molecule has 0 radical (unpaired) electrons. The molecule has 4 unspecified atom stereocenters. The van der Waals surface area contributed by atoms with E-state index < -0.39 is 0 Å². The van der Waals surface area contributed by atoms with Crippen molar-refractivity contribution < 1.29 is 57.1 Å². The molecule has 0 N–H and O–H groups in total. The van der Waals surface area contributed by atoms with Crippen molar-refractivity contribution in [3.8, 4) is 17.2 Å². The Morgan fingerprint density at radius 2 is 0.838 bits per heavy atom. The van der Waals surface area contributed by atoms with Crippen molar-refractivity contribution in [2.75, 3.05) is 59.8 Å². The van der Waals surface area contributed by atoms with Crippen LogP contribution in [0.2, 0.25) is 0 Å². The van der Waals surface area contributed by atoms with Gasteiger partial charge in [-0.1, -0.05) is 142 Å². The van der Waals surface area contributed by atoms with E-state index in [0.29, 0.717) is 59.1 Å². The summed E-state index contributed by atoms with van der Waals surface area (Å²) >= 11 is 0. The molecule has 418 valence electrons. The SMILES string of the molecule is CC(C)(c1ccc(OCC2CO2)cc1)c1ccc(OCC2CO2)cc1.COCC1CN(Cc2cccc(CN3CC(COc4ccc(C(C)(C)c5ccc(C)cc5)cc4)OC3=O)c2)C(=O)O1.O=C=NCc1cccc(CN=C=O)c1. The molecular formula is C64H70N4O12. The monoisotopic (exact) mass is 1090 g/mol. The number of isocyanates is 2. The van der Waals surface area contributed by atoms with E-state index in [9.17, 15) is 19.2 Å². The highest BCUT2D eigenvalue weighted by atomic mass is 16.6. The van der Waals surface area contributed by atoms with Crippen molar-refractivity contribution in [3.63, 3.8) is 0 Å². The number of aliphatic imine (C=N–C) groups is 2. The van der Waals surface area contributed by atoms with Crippen LogP contribution in [0.15, 0.2) is 156 Å². The molecule has 4 heterocycles. The Morgan fingerprint density at radius 1 is 0.500 bits per heavy atom. The highest BCUT2D eigenvalue weighted by Crippen LogP contribution is 2.35. The van der Waals surface area contributed by atoms with E-state index >= 15 is 0 Å². The van der Waals surface area contributed by atoms with E-state index in [4.69, 9.17) is 37.9 Å². The summed E-state index contributed by atoms with van der Waals surface area (Å²) < 4.78 is 43.8.